The minimum absolute atomic E-state index is 0.0113. The molecule has 1 aliphatic carbocycles. The number of hydrogen-bond donors (Lipinski definition) is 2. The normalized spacial score (nSPS) is 13.8. The fourth-order valence-electron chi connectivity index (χ4n) is 1.32. The van der Waals surface area contributed by atoms with Crippen LogP contribution in [-0.4, -0.2) is 53.8 Å². The molecule has 0 bridgehead atoms. The van der Waals surface area contributed by atoms with Crippen LogP contribution in [0, 0.1) is 0 Å². The molecule has 2 amide bonds. The molecule has 0 saturated heterocycles. The molecule has 1 rings (SSSR count). The Morgan fingerprint density at radius 3 is 2.56 bits per heavy atom. The first-order valence-corrected chi connectivity index (χ1v) is 5.60. The van der Waals surface area contributed by atoms with E-state index in [9.17, 15) is 14.4 Å². The molecule has 0 atom stereocenters. The molecule has 102 valence electrons. The zero-order chi connectivity index (χ0) is 13.5. The number of carboxylic acid groups (broad SMARTS) is 1. The van der Waals surface area contributed by atoms with Gasteiger partial charge in [0, 0.05) is 6.04 Å². The number of hydroxylamine groups is 1. The molecule has 2 N–H and O–H groups in total. The quantitative estimate of drug-likeness (QED) is 0.482. The highest BCUT2D eigenvalue weighted by Gasteiger charge is 2.34. The van der Waals surface area contributed by atoms with Gasteiger partial charge < -0.3 is 14.7 Å². The van der Waals surface area contributed by atoms with E-state index in [-0.39, 0.29) is 19.2 Å². The van der Waals surface area contributed by atoms with Crippen LogP contribution in [0.15, 0.2) is 0 Å². The highest BCUT2D eigenvalue weighted by atomic mass is 16.7. The number of carboxylic acids is 1. The minimum Gasteiger partial charge on any atom is -0.479 e. The van der Waals surface area contributed by atoms with Crippen molar-refractivity contribution in [2.75, 3.05) is 19.8 Å². The summed E-state index contributed by atoms with van der Waals surface area (Å²) in [6.45, 7) is 1.12. The third kappa shape index (κ3) is 5.00. The zero-order valence-corrected chi connectivity index (χ0v) is 10.0. The molecule has 18 heavy (non-hydrogen) atoms. The number of nitrogens with zero attached hydrogens (tertiary/aromatic N) is 1. The SMILES string of the molecule is CCOC(=O)CN(C(=O)NOCC(=O)O)C1CC1. The maximum absolute atomic E-state index is 11.6. The maximum atomic E-state index is 11.6. The molecule has 0 aromatic rings. The maximum Gasteiger partial charge on any atom is 0.342 e. The summed E-state index contributed by atoms with van der Waals surface area (Å²) in [6, 6.07) is -0.644. The number of urea groups is 1. The number of carbonyl (C=O) groups excluding carboxylic acids is 2. The average molecular weight is 260 g/mol. The number of esters is 1. The standard InChI is InChI=1S/C10H16N2O6/c1-2-17-9(15)5-12(7-3-4-7)10(16)11-18-6-8(13)14/h7H,2-6H2,1H3,(H,11,16)(H,13,14). The summed E-state index contributed by atoms with van der Waals surface area (Å²) in [5.41, 5.74) is 1.98. The number of ether oxygens (including phenoxy) is 1. The van der Waals surface area contributed by atoms with Crippen LogP contribution in [-0.2, 0) is 19.2 Å². The molecule has 0 heterocycles. The van der Waals surface area contributed by atoms with Crippen molar-refractivity contribution in [1.82, 2.24) is 10.4 Å². The van der Waals surface area contributed by atoms with Crippen molar-refractivity contribution in [1.29, 1.82) is 0 Å². The van der Waals surface area contributed by atoms with Crippen molar-refractivity contribution in [2.45, 2.75) is 25.8 Å². The second kappa shape index (κ2) is 6.80. The topological polar surface area (TPSA) is 105 Å². The Bertz CT molecular complexity index is 328. The number of aliphatic carboxylic acids is 1. The van der Waals surface area contributed by atoms with Gasteiger partial charge in [0.2, 0.25) is 0 Å². The number of amides is 2. The molecule has 0 unspecified atom stereocenters. The van der Waals surface area contributed by atoms with Gasteiger partial charge >= 0.3 is 18.0 Å². The number of carbonyl (C=O) groups is 3. The van der Waals surface area contributed by atoms with Gasteiger partial charge in [-0.3, -0.25) is 9.63 Å². The van der Waals surface area contributed by atoms with Gasteiger partial charge in [0.1, 0.15) is 6.54 Å². The molecule has 8 nitrogen and oxygen atoms in total. The van der Waals surface area contributed by atoms with Crippen molar-refractivity contribution in [3.8, 4) is 0 Å². The monoisotopic (exact) mass is 260 g/mol. The van der Waals surface area contributed by atoms with Crippen molar-refractivity contribution in [3.63, 3.8) is 0 Å². The number of nitrogens with one attached hydrogen (secondary N) is 1. The third-order valence-corrected chi connectivity index (χ3v) is 2.21. The lowest BCUT2D eigenvalue weighted by atomic mass is 10.5. The zero-order valence-electron chi connectivity index (χ0n) is 10.0. The van der Waals surface area contributed by atoms with Gasteiger partial charge in [-0.2, -0.15) is 0 Å². The van der Waals surface area contributed by atoms with Gasteiger partial charge in [0.05, 0.1) is 6.61 Å². The minimum atomic E-state index is -1.20. The van der Waals surface area contributed by atoms with Crippen LogP contribution in [0.4, 0.5) is 4.79 Å². The second-order valence-electron chi connectivity index (χ2n) is 3.75. The van der Waals surface area contributed by atoms with Crippen LogP contribution in [0.1, 0.15) is 19.8 Å². The molecule has 1 saturated carbocycles. The molecule has 0 spiro atoms. The molecule has 8 heteroatoms. The van der Waals surface area contributed by atoms with Crippen LogP contribution in [0.3, 0.4) is 0 Å². The lowest BCUT2D eigenvalue weighted by molar-refractivity contribution is -0.146. The summed E-state index contributed by atoms with van der Waals surface area (Å²) < 4.78 is 4.75. The molecular weight excluding hydrogens is 244 g/mol. The summed E-state index contributed by atoms with van der Waals surface area (Å²) in [6.07, 6.45) is 1.62. The van der Waals surface area contributed by atoms with Crippen LogP contribution in [0.2, 0.25) is 0 Å². The Morgan fingerprint density at radius 2 is 2.06 bits per heavy atom. The Kier molecular flexibility index (Phi) is 5.37. The van der Waals surface area contributed by atoms with E-state index < -0.39 is 24.6 Å². The van der Waals surface area contributed by atoms with E-state index in [1.165, 1.54) is 4.90 Å². The molecule has 0 radical (unpaired) electrons. The third-order valence-electron chi connectivity index (χ3n) is 2.21. The lowest BCUT2D eigenvalue weighted by Crippen LogP contribution is -2.44. The van der Waals surface area contributed by atoms with Crippen molar-refractivity contribution < 1.29 is 29.1 Å². The van der Waals surface area contributed by atoms with Gasteiger partial charge in [-0.15, -0.1) is 0 Å². The average Bonchev–Trinajstić information content (AvgIpc) is 3.09. The Hall–Kier alpha value is -1.83. The van der Waals surface area contributed by atoms with Gasteiger partial charge in [0.15, 0.2) is 6.61 Å². The smallest absolute Gasteiger partial charge is 0.342 e. The van der Waals surface area contributed by atoms with Gasteiger partial charge in [-0.1, -0.05) is 0 Å². The summed E-state index contributed by atoms with van der Waals surface area (Å²) in [5.74, 6) is -1.70. The second-order valence-corrected chi connectivity index (χ2v) is 3.75. The van der Waals surface area contributed by atoms with E-state index in [1.54, 1.807) is 6.92 Å². The lowest BCUT2D eigenvalue weighted by Gasteiger charge is -2.21. The first kappa shape index (κ1) is 14.2. The number of hydrogen-bond acceptors (Lipinski definition) is 5. The highest BCUT2D eigenvalue weighted by Crippen LogP contribution is 2.26. The van der Waals surface area contributed by atoms with Crippen LogP contribution < -0.4 is 5.48 Å². The fraction of sp³-hybridized carbons (Fsp3) is 0.700. The van der Waals surface area contributed by atoms with E-state index in [0.29, 0.717) is 0 Å². The first-order valence-electron chi connectivity index (χ1n) is 5.60. The van der Waals surface area contributed by atoms with Gasteiger partial charge in [-0.05, 0) is 19.8 Å². The molecule has 0 aromatic heterocycles. The van der Waals surface area contributed by atoms with Gasteiger partial charge in [-0.25, -0.2) is 15.1 Å². The van der Waals surface area contributed by atoms with Crippen LogP contribution >= 0.6 is 0 Å². The molecule has 1 aliphatic rings. The van der Waals surface area contributed by atoms with E-state index in [1.807, 2.05) is 5.48 Å². The predicted octanol–water partition coefficient (Wildman–Crippen LogP) is -0.260. The fourth-order valence-corrected chi connectivity index (χ4v) is 1.32. The van der Waals surface area contributed by atoms with Crippen LogP contribution in [0.25, 0.3) is 0 Å². The Balaban J connectivity index is 2.38. The summed E-state index contributed by atoms with van der Waals surface area (Å²) in [5, 5.41) is 8.34. The first-order chi connectivity index (χ1) is 8.54. The summed E-state index contributed by atoms with van der Waals surface area (Å²) >= 11 is 0. The van der Waals surface area contributed by atoms with Crippen molar-refractivity contribution >= 4 is 18.0 Å². The number of rotatable bonds is 7. The van der Waals surface area contributed by atoms with E-state index in [2.05, 4.69) is 4.84 Å². The van der Waals surface area contributed by atoms with Crippen molar-refractivity contribution in [2.24, 2.45) is 0 Å². The summed E-state index contributed by atoms with van der Waals surface area (Å²) in [4.78, 5) is 38.9. The molecule has 1 fully saturated rings. The highest BCUT2D eigenvalue weighted by molar-refractivity contribution is 5.81. The summed E-state index contributed by atoms with van der Waals surface area (Å²) in [7, 11) is 0. The largest absolute Gasteiger partial charge is 0.479 e. The molecular formula is C10H16N2O6. The molecule has 0 aliphatic heterocycles. The van der Waals surface area contributed by atoms with Gasteiger partial charge in [0.25, 0.3) is 0 Å². The van der Waals surface area contributed by atoms with E-state index in [4.69, 9.17) is 9.84 Å². The predicted molar refractivity (Wildman–Crippen MR) is 58.5 cm³/mol. The van der Waals surface area contributed by atoms with E-state index >= 15 is 0 Å². The Morgan fingerprint density at radius 1 is 1.39 bits per heavy atom. The molecule has 0 aromatic carbocycles. The van der Waals surface area contributed by atoms with E-state index in [0.717, 1.165) is 12.8 Å². The van der Waals surface area contributed by atoms with Crippen molar-refractivity contribution in [3.05, 3.63) is 0 Å². The Labute approximate surface area is 104 Å². The van der Waals surface area contributed by atoms with Crippen LogP contribution in [0.5, 0.6) is 0 Å².